The Hall–Kier alpha value is -4.13. The Morgan fingerprint density at radius 1 is 1.00 bits per heavy atom. The molecular weight excluding hydrogens is 418 g/mol. The minimum atomic E-state index is -1.15. The van der Waals surface area contributed by atoms with Gasteiger partial charge < -0.3 is 15.2 Å². The molecule has 0 fully saturated rings. The lowest BCUT2D eigenvalue weighted by molar-refractivity contribution is -0.139. The smallest absolute Gasteiger partial charge is 0.407 e. The predicted molar refractivity (Wildman–Crippen MR) is 124 cm³/mol. The summed E-state index contributed by atoms with van der Waals surface area (Å²) in [7, 11) is 1.81. The topological polar surface area (TPSA) is 93.5 Å². The van der Waals surface area contributed by atoms with Gasteiger partial charge in [-0.15, -0.1) is 0 Å². The van der Waals surface area contributed by atoms with E-state index in [9.17, 15) is 14.7 Å². The maximum atomic E-state index is 12.6. The van der Waals surface area contributed by atoms with Gasteiger partial charge in [0.2, 0.25) is 0 Å². The van der Waals surface area contributed by atoms with E-state index < -0.39 is 18.1 Å². The van der Waals surface area contributed by atoms with E-state index in [1.807, 2.05) is 60.7 Å². The molecule has 1 amide bonds. The molecule has 4 aromatic rings. The highest BCUT2D eigenvalue weighted by Crippen LogP contribution is 2.44. The average Bonchev–Trinajstić information content (AvgIpc) is 3.32. The Labute approximate surface area is 190 Å². The van der Waals surface area contributed by atoms with Crippen molar-refractivity contribution in [1.82, 2.24) is 15.1 Å². The van der Waals surface area contributed by atoms with Crippen LogP contribution in [0.4, 0.5) is 4.79 Å². The highest BCUT2D eigenvalue weighted by atomic mass is 16.5. The first-order valence-corrected chi connectivity index (χ1v) is 10.8. The second-order valence-electron chi connectivity index (χ2n) is 8.15. The van der Waals surface area contributed by atoms with E-state index in [0.29, 0.717) is 5.69 Å². The number of carbonyl (C=O) groups excluding carboxylic acids is 1. The first-order valence-electron chi connectivity index (χ1n) is 10.8. The summed E-state index contributed by atoms with van der Waals surface area (Å²) in [4.78, 5) is 24.4. The normalized spacial score (nSPS) is 13.4. The molecule has 0 bridgehead atoms. The van der Waals surface area contributed by atoms with Gasteiger partial charge >= 0.3 is 12.1 Å². The fourth-order valence-corrected chi connectivity index (χ4v) is 4.62. The van der Waals surface area contributed by atoms with Crippen LogP contribution in [-0.4, -0.2) is 39.6 Å². The fraction of sp³-hybridized carbons (Fsp3) is 0.192. The van der Waals surface area contributed by atoms with Crippen molar-refractivity contribution in [2.45, 2.75) is 18.4 Å². The molecule has 1 unspecified atom stereocenters. The van der Waals surface area contributed by atoms with E-state index in [-0.39, 0.29) is 18.9 Å². The van der Waals surface area contributed by atoms with Gasteiger partial charge in [-0.2, -0.15) is 5.10 Å². The molecule has 0 radical (unpaired) electrons. The van der Waals surface area contributed by atoms with Crippen molar-refractivity contribution < 1.29 is 19.4 Å². The molecule has 7 nitrogen and oxygen atoms in total. The molecule has 1 aromatic heterocycles. The largest absolute Gasteiger partial charge is 0.480 e. The van der Waals surface area contributed by atoms with Crippen LogP contribution in [0.1, 0.15) is 22.7 Å². The number of carboxylic acids is 1. The van der Waals surface area contributed by atoms with Gasteiger partial charge in [-0.3, -0.25) is 4.68 Å². The van der Waals surface area contributed by atoms with Crippen molar-refractivity contribution in [3.05, 3.63) is 89.6 Å². The zero-order valence-electron chi connectivity index (χ0n) is 18.1. The molecule has 0 saturated carbocycles. The molecule has 2 N–H and O–H groups in total. The number of hydrogen-bond donors (Lipinski definition) is 2. The number of benzene rings is 3. The molecule has 7 heteroatoms. The van der Waals surface area contributed by atoms with Crippen molar-refractivity contribution >= 4 is 23.0 Å². The molecule has 5 rings (SSSR count). The highest BCUT2D eigenvalue weighted by molar-refractivity contribution is 5.85. The van der Waals surface area contributed by atoms with E-state index >= 15 is 0 Å². The Morgan fingerprint density at radius 2 is 1.61 bits per heavy atom. The Morgan fingerprint density at radius 3 is 2.27 bits per heavy atom. The molecule has 1 aliphatic carbocycles. The van der Waals surface area contributed by atoms with Crippen molar-refractivity contribution in [2.75, 3.05) is 6.61 Å². The molecule has 166 valence electrons. The summed E-state index contributed by atoms with van der Waals surface area (Å²) >= 11 is 0. The molecule has 1 aliphatic rings. The number of hydrogen-bond acceptors (Lipinski definition) is 4. The van der Waals surface area contributed by atoms with E-state index in [1.54, 1.807) is 11.7 Å². The van der Waals surface area contributed by atoms with Crippen LogP contribution in [0.2, 0.25) is 0 Å². The molecule has 1 heterocycles. The van der Waals surface area contributed by atoms with E-state index in [4.69, 9.17) is 4.74 Å². The second-order valence-corrected chi connectivity index (χ2v) is 8.15. The van der Waals surface area contributed by atoms with Gasteiger partial charge in [0.1, 0.15) is 12.6 Å². The summed E-state index contributed by atoms with van der Waals surface area (Å²) in [6, 6.07) is 22.5. The molecule has 0 aliphatic heterocycles. The molecule has 1 atom stereocenters. The number of ether oxygens (including phenoxy) is 1. The zero-order chi connectivity index (χ0) is 22.9. The van der Waals surface area contributed by atoms with Crippen molar-refractivity contribution in [1.29, 1.82) is 0 Å². The number of aromatic nitrogens is 2. The van der Waals surface area contributed by atoms with Gasteiger partial charge in [0, 0.05) is 24.8 Å². The lowest BCUT2D eigenvalue weighted by Crippen LogP contribution is -2.43. The van der Waals surface area contributed by atoms with Crippen LogP contribution in [0, 0.1) is 0 Å². The number of fused-ring (bicyclic) bond motifs is 4. The maximum absolute atomic E-state index is 12.6. The van der Waals surface area contributed by atoms with Crippen LogP contribution in [0.15, 0.2) is 72.8 Å². The van der Waals surface area contributed by atoms with Crippen LogP contribution in [0.3, 0.4) is 0 Å². The number of carboxylic acid groups (broad SMARTS) is 1. The number of aryl methyl sites for hydroxylation is 1. The van der Waals surface area contributed by atoms with E-state index in [0.717, 1.165) is 33.2 Å². The van der Waals surface area contributed by atoms with Crippen molar-refractivity contribution in [3.8, 4) is 11.1 Å². The fourth-order valence-electron chi connectivity index (χ4n) is 4.62. The van der Waals surface area contributed by atoms with Gasteiger partial charge in [0.25, 0.3) is 0 Å². The van der Waals surface area contributed by atoms with Crippen LogP contribution in [-0.2, 0) is 23.0 Å². The van der Waals surface area contributed by atoms with E-state index in [2.05, 4.69) is 22.5 Å². The van der Waals surface area contributed by atoms with Crippen LogP contribution < -0.4 is 5.32 Å². The van der Waals surface area contributed by atoms with Gasteiger partial charge in [-0.1, -0.05) is 66.7 Å². The van der Waals surface area contributed by atoms with Gasteiger partial charge in [-0.05, 0) is 28.3 Å². The third-order valence-corrected chi connectivity index (χ3v) is 6.17. The van der Waals surface area contributed by atoms with E-state index in [1.165, 1.54) is 0 Å². The van der Waals surface area contributed by atoms with Gasteiger partial charge in [0.05, 0.1) is 11.2 Å². The maximum Gasteiger partial charge on any atom is 0.407 e. The summed E-state index contributed by atoms with van der Waals surface area (Å²) in [6.07, 6.45) is -0.703. The number of nitrogens with zero attached hydrogens (tertiary/aromatic N) is 2. The number of aliphatic carboxylic acids is 1. The van der Waals surface area contributed by atoms with Crippen molar-refractivity contribution in [3.63, 3.8) is 0 Å². The third kappa shape index (κ3) is 3.82. The molecular formula is C26H23N3O4. The van der Waals surface area contributed by atoms with Gasteiger partial charge in [-0.25, -0.2) is 9.59 Å². The number of nitrogens with one attached hydrogen (secondary N) is 1. The number of carbonyl (C=O) groups is 2. The monoisotopic (exact) mass is 441 g/mol. The highest BCUT2D eigenvalue weighted by Gasteiger charge is 2.30. The second kappa shape index (κ2) is 8.43. The molecule has 3 aromatic carbocycles. The van der Waals surface area contributed by atoms with Crippen molar-refractivity contribution in [2.24, 2.45) is 7.05 Å². The summed E-state index contributed by atoms with van der Waals surface area (Å²) < 4.78 is 7.22. The Bertz CT molecular complexity index is 1320. The third-order valence-electron chi connectivity index (χ3n) is 6.17. The molecule has 0 saturated heterocycles. The molecule has 0 spiro atoms. The number of amides is 1. The minimum Gasteiger partial charge on any atom is -0.480 e. The summed E-state index contributed by atoms with van der Waals surface area (Å²) in [5.41, 5.74) is 5.97. The quantitative estimate of drug-likeness (QED) is 0.470. The van der Waals surface area contributed by atoms with Crippen LogP contribution >= 0.6 is 0 Å². The lowest BCUT2D eigenvalue weighted by Gasteiger charge is -2.17. The summed E-state index contributed by atoms with van der Waals surface area (Å²) in [6.45, 7) is 0.124. The first kappa shape index (κ1) is 20.8. The summed E-state index contributed by atoms with van der Waals surface area (Å²) in [5.74, 6) is -1.23. The molecule has 33 heavy (non-hydrogen) atoms. The van der Waals surface area contributed by atoms with Gasteiger partial charge in [0.15, 0.2) is 0 Å². The lowest BCUT2D eigenvalue weighted by atomic mass is 9.98. The zero-order valence-corrected chi connectivity index (χ0v) is 18.1. The Balaban J connectivity index is 1.29. The SMILES string of the molecule is Cn1nc(CC(NC(=O)OCC2c3ccccc3-c3ccccc32)C(=O)O)c2ccccc21. The number of para-hydroxylation sites is 1. The average molecular weight is 441 g/mol. The Kier molecular flexibility index (Phi) is 5.30. The number of rotatable bonds is 6. The van der Waals surface area contributed by atoms with Crippen LogP contribution in [0.25, 0.3) is 22.0 Å². The van der Waals surface area contributed by atoms with Crippen LogP contribution in [0.5, 0.6) is 0 Å². The predicted octanol–water partition coefficient (Wildman–Crippen LogP) is 4.11. The summed E-state index contributed by atoms with van der Waals surface area (Å²) in [5, 5.41) is 17.5. The minimum absolute atomic E-state index is 0.0564. The first-order chi connectivity index (χ1) is 16.0. The standard InChI is InChI=1S/C26H23N3O4/c1-29-24-13-7-6-12-20(24)22(28-29)14-23(25(30)31)27-26(32)33-15-21-18-10-4-2-8-16(18)17-9-3-5-11-19(17)21/h2-13,21,23H,14-15H2,1H3,(H,27,32)(H,30,31). The number of alkyl carbamates (subject to hydrolysis) is 1.